The molecule has 3 aromatic rings. The van der Waals surface area contributed by atoms with E-state index in [-0.39, 0.29) is 22.4 Å². The summed E-state index contributed by atoms with van der Waals surface area (Å²) in [6, 6.07) is 3.36. The smallest absolute Gasteiger partial charge is 0.378 e. The first-order chi connectivity index (χ1) is 17.6. The predicted octanol–water partition coefficient (Wildman–Crippen LogP) is 4.92. The first-order valence-electron chi connectivity index (χ1n) is 11.9. The van der Waals surface area contributed by atoms with Gasteiger partial charge in [-0.3, -0.25) is 14.1 Å². The Morgan fingerprint density at radius 2 is 2.00 bits per heavy atom. The lowest BCUT2D eigenvalue weighted by Crippen LogP contribution is -2.41. The lowest BCUT2D eigenvalue weighted by Gasteiger charge is -2.38. The highest BCUT2D eigenvalue weighted by atomic mass is 35.5. The molecule has 198 valence electrons. The molecule has 1 spiro atoms. The van der Waals surface area contributed by atoms with Gasteiger partial charge in [0.15, 0.2) is 0 Å². The number of hydrogen-bond donors (Lipinski definition) is 0. The highest BCUT2D eigenvalue weighted by molar-refractivity contribution is 7.99. The number of ether oxygens (including phenoxy) is 2. The van der Waals surface area contributed by atoms with Gasteiger partial charge in [0.05, 0.1) is 60.5 Å². The van der Waals surface area contributed by atoms with Crippen molar-refractivity contribution in [1.29, 1.82) is 0 Å². The molecule has 4 heterocycles. The molecule has 1 atom stereocenters. The molecule has 0 saturated carbocycles. The molecule has 2 fully saturated rings. The van der Waals surface area contributed by atoms with E-state index in [1.165, 1.54) is 18.1 Å². The van der Waals surface area contributed by atoms with Gasteiger partial charge < -0.3 is 9.64 Å². The molecule has 0 radical (unpaired) electrons. The van der Waals surface area contributed by atoms with Gasteiger partial charge in [0.2, 0.25) is 0 Å². The second-order valence-electron chi connectivity index (χ2n) is 9.44. The summed E-state index contributed by atoms with van der Waals surface area (Å²) in [6.07, 6.45) is 3.38. The standard InChI is InChI=1S/C24H25ClF3N5O3S/c1-15-10-23(13-35-15)4-6-32(7-5-23)18-11-30-19(12-29-18)37-17-3-2-16-20(21(17)25)22(34)33(14-31-16)8-9-36-24(26,27)28/h2-3,11-12,14-15H,4-10,13H2,1H3/t15-/m0/s1. The van der Waals surface area contributed by atoms with Crippen molar-refractivity contribution in [2.24, 2.45) is 5.41 Å². The maximum atomic E-state index is 12.9. The lowest BCUT2D eigenvalue weighted by molar-refractivity contribution is -0.325. The highest BCUT2D eigenvalue weighted by Crippen LogP contribution is 2.42. The van der Waals surface area contributed by atoms with Crippen LogP contribution in [0.3, 0.4) is 0 Å². The van der Waals surface area contributed by atoms with E-state index in [0.717, 1.165) is 49.3 Å². The number of piperidine rings is 1. The molecule has 13 heteroatoms. The van der Waals surface area contributed by atoms with E-state index < -0.39 is 18.5 Å². The molecule has 0 bridgehead atoms. The van der Waals surface area contributed by atoms with Gasteiger partial charge in [-0.1, -0.05) is 23.4 Å². The van der Waals surface area contributed by atoms with Gasteiger partial charge >= 0.3 is 6.36 Å². The summed E-state index contributed by atoms with van der Waals surface area (Å²) in [4.78, 5) is 29.0. The Morgan fingerprint density at radius 3 is 2.65 bits per heavy atom. The summed E-state index contributed by atoms with van der Waals surface area (Å²) < 4.78 is 47.4. The number of benzene rings is 1. The van der Waals surface area contributed by atoms with Gasteiger partial charge in [-0.15, -0.1) is 13.2 Å². The van der Waals surface area contributed by atoms with Crippen molar-refractivity contribution in [3.63, 3.8) is 0 Å². The predicted molar refractivity (Wildman–Crippen MR) is 133 cm³/mol. The first kappa shape index (κ1) is 26.2. The summed E-state index contributed by atoms with van der Waals surface area (Å²) >= 11 is 7.79. The number of rotatable bonds is 6. The second-order valence-corrected chi connectivity index (χ2v) is 10.9. The monoisotopic (exact) mass is 555 g/mol. The molecular weight excluding hydrogens is 531 g/mol. The number of alkyl halides is 3. The third-order valence-electron chi connectivity index (χ3n) is 6.87. The van der Waals surface area contributed by atoms with Crippen molar-refractivity contribution in [3.05, 3.63) is 46.2 Å². The SMILES string of the molecule is C[C@H]1CC2(CCN(c3cnc(Sc4ccc5ncn(CCOC(F)(F)F)c(=O)c5c4Cl)cn3)CC2)CO1. The molecule has 2 aliphatic heterocycles. The van der Waals surface area contributed by atoms with E-state index in [1.54, 1.807) is 24.5 Å². The zero-order valence-electron chi connectivity index (χ0n) is 20.0. The zero-order valence-corrected chi connectivity index (χ0v) is 21.6. The Hall–Kier alpha value is -2.41. The van der Waals surface area contributed by atoms with Gasteiger partial charge in [0.25, 0.3) is 5.56 Å². The minimum absolute atomic E-state index is 0.123. The average Bonchev–Trinajstić information content (AvgIpc) is 3.22. The normalized spacial score (nSPS) is 19.7. The van der Waals surface area contributed by atoms with Crippen LogP contribution in [-0.4, -0.2) is 58.3 Å². The molecule has 2 saturated heterocycles. The van der Waals surface area contributed by atoms with Crippen LogP contribution in [0.2, 0.25) is 5.02 Å². The minimum Gasteiger partial charge on any atom is -0.378 e. The molecule has 2 aliphatic rings. The number of nitrogens with zero attached hydrogens (tertiary/aromatic N) is 5. The van der Waals surface area contributed by atoms with Gasteiger partial charge in [-0.05, 0) is 43.7 Å². The third-order valence-corrected chi connectivity index (χ3v) is 8.35. The van der Waals surface area contributed by atoms with Crippen LogP contribution in [-0.2, 0) is 16.0 Å². The van der Waals surface area contributed by atoms with Crippen LogP contribution in [0, 0.1) is 5.41 Å². The van der Waals surface area contributed by atoms with Crippen LogP contribution < -0.4 is 10.5 Å². The van der Waals surface area contributed by atoms with Crippen molar-refractivity contribution in [1.82, 2.24) is 19.5 Å². The molecule has 37 heavy (non-hydrogen) atoms. The maximum absolute atomic E-state index is 12.9. The van der Waals surface area contributed by atoms with Crippen LogP contribution >= 0.6 is 23.4 Å². The summed E-state index contributed by atoms with van der Waals surface area (Å²) in [5.41, 5.74) is 0.0818. The zero-order chi connectivity index (χ0) is 26.2. The maximum Gasteiger partial charge on any atom is 0.522 e. The molecule has 0 aliphatic carbocycles. The minimum atomic E-state index is -4.77. The fraction of sp³-hybridized carbons (Fsp3) is 0.500. The summed E-state index contributed by atoms with van der Waals surface area (Å²) in [5, 5.41) is 0.879. The quantitative estimate of drug-likeness (QED) is 0.424. The lowest BCUT2D eigenvalue weighted by atomic mass is 9.77. The summed E-state index contributed by atoms with van der Waals surface area (Å²) in [5.74, 6) is 0.809. The van der Waals surface area contributed by atoms with Crippen LogP contribution in [0.4, 0.5) is 19.0 Å². The molecular formula is C24H25ClF3N5O3S. The highest BCUT2D eigenvalue weighted by Gasteiger charge is 2.41. The molecule has 8 nitrogen and oxygen atoms in total. The number of fused-ring (bicyclic) bond motifs is 1. The van der Waals surface area contributed by atoms with E-state index in [9.17, 15) is 18.0 Å². The number of anilines is 1. The van der Waals surface area contributed by atoms with E-state index >= 15 is 0 Å². The second kappa shape index (κ2) is 10.4. The molecule has 0 unspecified atom stereocenters. The number of halogens is 4. The molecule has 1 aromatic carbocycles. The van der Waals surface area contributed by atoms with E-state index in [2.05, 4.69) is 31.5 Å². The fourth-order valence-corrected chi connectivity index (χ4v) is 6.05. The Kier molecular flexibility index (Phi) is 7.36. The number of hydrogen-bond acceptors (Lipinski definition) is 8. The van der Waals surface area contributed by atoms with Crippen LogP contribution in [0.15, 0.2) is 45.6 Å². The Balaban J connectivity index is 1.28. The van der Waals surface area contributed by atoms with E-state index in [4.69, 9.17) is 16.3 Å². The summed E-state index contributed by atoms with van der Waals surface area (Å²) in [6.45, 7) is 3.74. The fourth-order valence-electron chi connectivity index (χ4n) is 4.93. The molecule has 0 N–H and O–H groups in total. The van der Waals surface area contributed by atoms with Crippen LogP contribution in [0.25, 0.3) is 10.9 Å². The van der Waals surface area contributed by atoms with E-state index in [1.807, 2.05) is 0 Å². The van der Waals surface area contributed by atoms with E-state index in [0.29, 0.717) is 21.5 Å². The Morgan fingerprint density at radius 1 is 1.22 bits per heavy atom. The topological polar surface area (TPSA) is 82.4 Å². The van der Waals surface area contributed by atoms with Crippen molar-refractivity contribution in [3.8, 4) is 0 Å². The first-order valence-corrected chi connectivity index (χ1v) is 13.1. The molecule has 2 aromatic heterocycles. The van der Waals surface area contributed by atoms with Crippen molar-refractivity contribution in [2.75, 3.05) is 31.2 Å². The van der Waals surface area contributed by atoms with Gasteiger partial charge in [-0.2, -0.15) is 0 Å². The van der Waals surface area contributed by atoms with Gasteiger partial charge in [0, 0.05) is 18.0 Å². The molecule has 0 amide bonds. The third kappa shape index (κ3) is 5.87. The molecule has 5 rings (SSSR count). The van der Waals surface area contributed by atoms with Crippen LogP contribution in [0.1, 0.15) is 26.2 Å². The van der Waals surface area contributed by atoms with Crippen molar-refractivity contribution >= 4 is 40.1 Å². The Labute approximate surface area is 220 Å². The summed E-state index contributed by atoms with van der Waals surface area (Å²) in [7, 11) is 0. The Bertz CT molecular complexity index is 1330. The van der Waals surface area contributed by atoms with Crippen molar-refractivity contribution < 1.29 is 22.6 Å². The largest absolute Gasteiger partial charge is 0.522 e. The van der Waals surface area contributed by atoms with Crippen LogP contribution in [0.5, 0.6) is 0 Å². The van der Waals surface area contributed by atoms with Gasteiger partial charge in [0.1, 0.15) is 10.8 Å². The average molecular weight is 556 g/mol. The van der Waals surface area contributed by atoms with Crippen molar-refractivity contribution in [2.45, 2.75) is 55.1 Å². The van der Waals surface area contributed by atoms with Gasteiger partial charge in [-0.25, -0.2) is 15.0 Å². The number of aromatic nitrogens is 4.